The van der Waals surface area contributed by atoms with E-state index >= 15 is 0 Å². The summed E-state index contributed by atoms with van der Waals surface area (Å²) in [7, 11) is 0. The summed E-state index contributed by atoms with van der Waals surface area (Å²) in [5, 5.41) is 19.5. The maximum absolute atomic E-state index is 13.5. The molecule has 4 nitrogen and oxygen atoms in total. The van der Waals surface area contributed by atoms with Crippen molar-refractivity contribution < 1.29 is 33.0 Å². The molecule has 1 aromatic rings. The Morgan fingerprint density at radius 1 is 1.13 bits per heavy atom. The lowest BCUT2D eigenvalue weighted by Gasteiger charge is -2.36. The third kappa shape index (κ3) is 4.54. The molecule has 7 heteroatoms. The SMILES string of the molecule is CC(=O)CCCCC(C(=O)O)C(O)(c1ccccc1)C(F)(F)F. The van der Waals surface area contributed by atoms with Gasteiger partial charge in [-0.2, -0.15) is 13.2 Å². The third-order valence-corrected chi connectivity index (χ3v) is 3.72. The Balaban J connectivity index is 3.11. The van der Waals surface area contributed by atoms with Gasteiger partial charge in [0, 0.05) is 6.42 Å². The number of aliphatic carboxylic acids is 1. The highest BCUT2D eigenvalue weighted by Crippen LogP contribution is 2.46. The van der Waals surface area contributed by atoms with E-state index in [4.69, 9.17) is 0 Å². The molecule has 0 aliphatic heterocycles. The van der Waals surface area contributed by atoms with Crippen molar-refractivity contribution in [2.24, 2.45) is 5.92 Å². The molecule has 0 heterocycles. The fraction of sp³-hybridized carbons (Fsp3) is 0.500. The number of carboxylic acids is 1. The van der Waals surface area contributed by atoms with E-state index in [-0.39, 0.29) is 31.5 Å². The summed E-state index contributed by atoms with van der Waals surface area (Å²) in [5.41, 5.74) is -3.98. The van der Waals surface area contributed by atoms with E-state index in [2.05, 4.69) is 0 Å². The van der Waals surface area contributed by atoms with Gasteiger partial charge in [0.1, 0.15) is 5.78 Å². The van der Waals surface area contributed by atoms with Gasteiger partial charge in [0.15, 0.2) is 5.60 Å². The van der Waals surface area contributed by atoms with E-state index in [1.54, 1.807) is 0 Å². The molecule has 0 saturated carbocycles. The van der Waals surface area contributed by atoms with Gasteiger partial charge in [-0.3, -0.25) is 4.79 Å². The second-order valence-electron chi connectivity index (χ2n) is 5.47. The van der Waals surface area contributed by atoms with Crippen LogP contribution in [0.3, 0.4) is 0 Å². The summed E-state index contributed by atoms with van der Waals surface area (Å²) in [6, 6.07) is 6.20. The second-order valence-corrected chi connectivity index (χ2v) is 5.47. The number of ketones is 1. The Bertz CT molecular complexity index is 542. The molecule has 0 amide bonds. The van der Waals surface area contributed by atoms with Gasteiger partial charge in [-0.25, -0.2) is 0 Å². The lowest BCUT2D eigenvalue weighted by Crippen LogP contribution is -2.51. The van der Waals surface area contributed by atoms with Crippen molar-refractivity contribution in [3.8, 4) is 0 Å². The standard InChI is InChI=1S/C16H19F3O4/c1-11(20)7-5-6-10-13(14(21)22)15(23,16(17,18)19)12-8-3-2-4-9-12/h2-4,8-9,13,23H,5-7,10H2,1H3,(H,21,22). The van der Waals surface area contributed by atoms with Crippen molar-refractivity contribution in [2.75, 3.05) is 0 Å². The van der Waals surface area contributed by atoms with Gasteiger partial charge in [0.05, 0.1) is 5.92 Å². The maximum Gasteiger partial charge on any atom is 0.422 e. The lowest BCUT2D eigenvalue weighted by atomic mass is 9.77. The molecule has 2 N–H and O–H groups in total. The largest absolute Gasteiger partial charge is 0.481 e. The zero-order valence-electron chi connectivity index (χ0n) is 12.6. The van der Waals surface area contributed by atoms with Gasteiger partial charge in [-0.1, -0.05) is 36.8 Å². The van der Waals surface area contributed by atoms with Crippen molar-refractivity contribution in [3.63, 3.8) is 0 Å². The Labute approximate surface area is 131 Å². The van der Waals surface area contributed by atoms with Crippen molar-refractivity contribution in [2.45, 2.75) is 44.4 Å². The quantitative estimate of drug-likeness (QED) is 0.717. The van der Waals surface area contributed by atoms with E-state index in [0.717, 1.165) is 12.1 Å². The minimum atomic E-state index is -5.14. The first-order chi connectivity index (χ1) is 10.6. The first-order valence-corrected chi connectivity index (χ1v) is 7.17. The lowest BCUT2D eigenvalue weighted by molar-refractivity contribution is -0.287. The smallest absolute Gasteiger partial charge is 0.422 e. The van der Waals surface area contributed by atoms with Crippen LogP contribution in [-0.2, 0) is 15.2 Å². The molecule has 0 spiro atoms. The molecule has 0 fully saturated rings. The van der Waals surface area contributed by atoms with Crippen LogP contribution in [0.25, 0.3) is 0 Å². The number of aliphatic hydroxyl groups is 1. The minimum absolute atomic E-state index is 0.0990. The number of carbonyl (C=O) groups excluding carboxylic acids is 1. The number of halogens is 3. The predicted molar refractivity (Wildman–Crippen MR) is 76.7 cm³/mol. The minimum Gasteiger partial charge on any atom is -0.481 e. The number of Topliss-reactive ketones (excluding diaryl/α,β-unsaturated/α-hetero) is 1. The molecule has 128 valence electrons. The molecule has 23 heavy (non-hydrogen) atoms. The molecule has 0 saturated heterocycles. The molecule has 1 rings (SSSR count). The van der Waals surface area contributed by atoms with Crippen LogP contribution in [0, 0.1) is 5.92 Å². The Morgan fingerprint density at radius 3 is 2.13 bits per heavy atom. The molecule has 0 radical (unpaired) electrons. The number of hydrogen-bond acceptors (Lipinski definition) is 3. The van der Waals surface area contributed by atoms with Gasteiger partial charge < -0.3 is 15.0 Å². The van der Waals surface area contributed by atoms with E-state index in [1.807, 2.05) is 0 Å². The first-order valence-electron chi connectivity index (χ1n) is 7.17. The summed E-state index contributed by atoms with van der Waals surface area (Å²) in [5.74, 6) is -3.89. The number of benzene rings is 1. The van der Waals surface area contributed by atoms with Crippen LogP contribution in [0.2, 0.25) is 0 Å². The highest BCUT2D eigenvalue weighted by Gasteiger charge is 2.61. The normalized spacial score (nSPS) is 15.7. The first kappa shape index (κ1) is 19.2. The van der Waals surface area contributed by atoms with Gasteiger partial charge in [-0.05, 0) is 25.3 Å². The van der Waals surface area contributed by atoms with Crippen molar-refractivity contribution in [3.05, 3.63) is 35.9 Å². The average Bonchev–Trinajstić information content (AvgIpc) is 2.45. The fourth-order valence-electron chi connectivity index (χ4n) is 2.49. The monoisotopic (exact) mass is 332 g/mol. The molecular weight excluding hydrogens is 313 g/mol. The topological polar surface area (TPSA) is 74.6 Å². The molecule has 0 aliphatic carbocycles. The van der Waals surface area contributed by atoms with Crippen LogP contribution >= 0.6 is 0 Å². The summed E-state index contributed by atoms with van der Waals surface area (Å²) in [6.07, 6.45) is -4.97. The van der Waals surface area contributed by atoms with Gasteiger partial charge in [-0.15, -0.1) is 0 Å². The van der Waals surface area contributed by atoms with Crippen LogP contribution < -0.4 is 0 Å². The maximum atomic E-state index is 13.5. The zero-order chi connectivity index (χ0) is 17.7. The van der Waals surface area contributed by atoms with E-state index < -0.39 is 29.2 Å². The fourth-order valence-corrected chi connectivity index (χ4v) is 2.49. The number of carboxylic acid groups (broad SMARTS) is 1. The van der Waals surface area contributed by atoms with Crippen LogP contribution in [0.1, 0.15) is 38.2 Å². The predicted octanol–water partition coefficient (Wildman–Crippen LogP) is 3.29. The molecule has 0 bridgehead atoms. The van der Waals surface area contributed by atoms with Crippen molar-refractivity contribution >= 4 is 11.8 Å². The molecule has 2 unspecified atom stereocenters. The third-order valence-electron chi connectivity index (χ3n) is 3.72. The number of unbranched alkanes of at least 4 members (excludes halogenated alkanes) is 1. The highest BCUT2D eigenvalue weighted by atomic mass is 19.4. The summed E-state index contributed by atoms with van der Waals surface area (Å²) < 4.78 is 40.4. The van der Waals surface area contributed by atoms with Crippen LogP contribution in [-0.4, -0.2) is 28.1 Å². The highest BCUT2D eigenvalue weighted by molar-refractivity contribution is 5.75. The number of alkyl halides is 3. The summed E-state index contributed by atoms with van der Waals surface area (Å²) in [6.45, 7) is 1.35. The number of carbonyl (C=O) groups is 2. The summed E-state index contributed by atoms with van der Waals surface area (Å²) in [4.78, 5) is 22.2. The van der Waals surface area contributed by atoms with Gasteiger partial charge in [0.2, 0.25) is 0 Å². The second kappa shape index (κ2) is 7.59. The van der Waals surface area contributed by atoms with Crippen LogP contribution in [0.4, 0.5) is 13.2 Å². The molecule has 0 aliphatic rings. The van der Waals surface area contributed by atoms with E-state index in [0.29, 0.717) is 0 Å². The van der Waals surface area contributed by atoms with E-state index in [1.165, 1.54) is 25.1 Å². The Hall–Kier alpha value is -1.89. The molecule has 0 aromatic heterocycles. The molecular formula is C16H19F3O4. The molecule has 2 atom stereocenters. The van der Waals surface area contributed by atoms with Crippen LogP contribution in [0.5, 0.6) is 0 Å². The number of rotatable bonds is 8. The summed E-state index contributed by atoms with van der Waals surface area (Å²) >= 11 is 0. The molecule has 1 aromatic carbocycles. The van der Waals surface area contributed by atoms with Gasteiger partial charge in [0.25, 0.3) is 0 Å². The van der Waals surface area contributed by atoms with Gasteiger partial charge >= 0.3 is 12.1 Å². The van der Waals surface area contributed by atoms with Crippen molar-refractivity contribution in [1.29, 1.82) is 0 Å². The van der Waals surface area contributed by atoms with E-state index in [9.17, 15) is 33.0 Å². The van der Waals surface area contributed by atoms with Crippen molar-refractivity contribution in [1.82, 2.24) is 0 Å². The Kier molecular flexibility index (Phi) is 6.32. The van der Waals surface area contributed by atoms with Crippen LogP contribution in [0.15, 0.2) is 30.3 Å². The Morgan fingerprint density at radius 2 is 1.70 bits per heavy atom. The average molecular weight is 332 g/mol. The number of hydrogen-bond donors (Lipinski definition) is 2. The zero-order valence-corrected chi connectivity index (χ0v) is 12.6.